The highest BCUT2D eigenvalue weighted by molar-refractivity contribution is 7.09. The number of carbonyl (C=O) groups is 2. The summed E-state index contributed by atoms with van der Waals surface area (Å²) in [5, 5.41) is 0. The monoisotopic (exact) mass is 236 g/mol. The van der Waals surface area contributed by atoms with E-state index in [1.54, 1.807) is 0 Å². The molecule has 6 heteroatoms. The quantitative estimate of drug-likeness (QED) is 0.358. The highest BCUT2D eigenvalue weighted by Gasteiger charge is 2.08. The molecule has 0 radical (unpaired) electrons. The molecule has 0 spiro atoms. The van der Waals surface area contributed by atoms with Crippen molar-refractivity contribution in [2.45, 2.75) is 26.2 Å². The van der Waals surface area contributed by atoms with Crippen LogP contribution in [0.1, 0.15) is 26.2 Å². The minimum Gasteiger partial charge on any atom is -0.466 e. The molecule has 0 saturated heterocycles. The van der Waals surface area contributed by atoms with Crippen molar-refractivity contribution in [2.24, 2.45) is 0 Å². The second-order valence-electron chi connectivity index (χ2n) is 2.81. The molecule has 1 unspecified atom stereocenters. The Morgan fingerprint density at radius 1 is 1.00 bits per heavy atom. The lowest BCUT2D eigenvalue weighted by Crippen LogP contribution is -2.12. The number of rotatable bonds is 8. The lowest BCUT2D eigenvalue weighted by Gasteiger charge is -2.04. The van der Waals surface area contributed by atoms with Gasteiger partial charge in [0.15, 0.2) is 0 Å². The van der Waals surface area contributed by atoms with Crippen LogP contribution in [0.15, 0.2) is 0 Å². The maximum atomic E-state index is 11.0. The lowest BCUT2D eigenvalue weighted by atomic mass is 10.3. The molecule has 88 valence electrons. The zero-order valence-electron chi connectivity index (χ0n) is 8.86. The molecule has 0 heterocycles. The Hall–Kier alpha value is -0.670. The summed E-state index contributed by atoms with van der Waals surface area (Å²) in [6.07, 6.45) is 0.904. The summed E-state index contributed by atoms with van der Waals surface area (Å²) in [7, 11) is 2.06. The third-order valence-corrected chi connectivity index (χ3v) is 1.70. The molecule has 5 nitrogen and oxygen atoms in total. The largest absolute Gasteiger partial charge is 0.466 e. The number of hydrogen-bond donors (Lipinski definition) is 0. The Morgan fingerprint density at radius 3 is 2.00 bits per heavy atom. The van der Waals surface area contributed by atoms with Gasteiger partial charge in [0, 0.05) is 9.47 Å². The minimum atomic E-state index is -0.412. The molecule has 0 aliphatic heterocycles. The van der Waals surface area contributed by atoms with Crippen LogP contribution < -0.4 is 0 Å². The number of ether oxygens (including phenoxy) is 2. The van der Waals surface area contributed by atoms with Gasteiger partial charge in [-0.15, -0.1) is 0 Å². The van der Waals surface area contributed by atoms with Gasteiger partial charge in [0.2, 0.25) is 0 Å². The molecule has 0 bridgehead atoms. The van der Waals surface area contributed by atoms with Crippen LogP contribution in [-0.2, 0) is 23.6 Å². The fourth-order valence-corrected chi connectivity index (χ4v) is 0.864. The van der Waals surface area contributed by atoms with Crippen molar-refractivity contribution in [2.75, 3.05) is 19.8 Å². The molecule has 0 aliphatic rings. The van der Waals surface area contributed by atoms with Crippen LogP contribution in [0.2, 0.25) is 0 Å². The molecule has 0 rings (SSSR count). The van der Waals surface area contributed by atoms with Crippen molar-refractivity contribution in [1.82, 2.24) is 0 Å². The summed E-state index contributed by atoms with van der Waals surface area (Å²) >= 11 is 0. The minimum absolute atomic E-state index is 0.0550. The zero-order valence-corrected chi connectivity index (χ0v) is 10.0. The van der Waals surface area contributed by atoms with Crippen LogP contribution in [0.5, 0.6) is 0 Å². The Balaban J connectivity index is 3.40. The van der Waals surface area contributed by atoms with Crippen LogP contribution in [0.3, 0.4) is 0 Å². The van der Waals surface area contributed by atoms with Crippen molar-refractivity contribution in [3.05, 3.63) is 0 Å². The molecule has 0 aromatic rings. The van der Waals surface area contributed by atoms with E-state index in [1.807, 2.05) is 6.92 Å². The van der Waals surface area contributed by atoms with E-state index in [-0.39, 0.29) is 25.4 Å². The summed E-state index contributed by atoms with van der Waals surface area (Å²) < 4.78 is 14.2. The van der Waals surface area contributed by atoms with Gasteiger partial charge in [0.25, 0.3) is 0 Å². The van der Waals surface area contributed by atoms with Gasteiger partial charge in [-0.1, -0.05) is 6.92 Å². The van der Waals surface area contributed by atoms with E-state index < -0.39 is 5.97 Å². The van der Waals surface area contributed by atoms with Gasteiger partial charge in [-0.3, -0.25) is 9.59 Å². The first-order chi connectivity index (χ1) is 7.20. The van der Waals surface area contributed by atoms with Crippen LogP contribution in [0, 0.1) is 0 Å². The SMILES string of the molecule is CCCOC(=O)CCC(=O)OCCOP. The fraction of sp³-hybridized carbons (Fsp3) is 0.778. The standard InChI is InChI=1S/C9H17O5P/c1-2-5-12-8(10)3-4-9(11)13-6-7-14-15/h2-7,15H2,1H3. The third-order valence-electron chi connectivity index (χ3n) is 1.46. The summed E-state index contributed by atoms with van der Waals surface area (Å²) in [6.45, 7) is 2.84. The van der Waals surface area contributed by atoms with Crippen LogP contribution >= 0.6 is 9.47 Å². The molecule has 0 saturated carbocycles. The van der Waals surface area contributed by atoms with E-state index in [2.05, 4.69) is 14.0 Å². The van der Waals surface area contributed by atoms with Gasteiger partial charge < -0.3 is 14.0 Å². The topological polar surface area (TPSA) is 61.8 Å². The van der Waals surface area contributed by atoms with Crippen molar-refractivity contribution < 1.29 is 23.6 Å². The highest BCUT2D eigenvalue weighted by atomic mass is 31.0. The van der Waals surface area contributed by atoms with E-state index in [0.717, 1.165) is 6.42 Å². The first-order valence-corrected chi connectivity index (χ1v) is 5.30. The summed E-state index contributed by atoms with van der Waals surface area (Å²) in [4.78, 5) is 22.0. The van der Waals surface area contributed by atoms with E-state index in [0.29, 0.717) is 13.2 Å². The lowest BCUT2D eigenvalue weighted by molar-refractivity contribution is -0.150. The molecule has 0 N–H and O–H groups in total. The molecule has 0 aromatic carbocycles. The van der Waals surface area contributed by atoms with Crippen molar-refractivity contribution in [3.8, 4) is 0 Å². The van der Waals surface area contributed by atoms with Gasteiger partial charge in [-0.05, 0) is 6.42 Å². The van der Waals surface area contributed by atoms with Crippen molar-refractivity contribution in [1.29, 1.82) is 0 Å². The molecule has 0 fully saturated rings. The molecule has 0 aliphatic carbocycles. The maximum Gasteiger partial charge on any atom is 0.306 e. The molecule has 1 atom stereocenters. The van der Waals surface area contributed by atoms with Gasteiger partial charge >= 0.3 is 11.9 Å². The average Bonchev–Trinajstić information content (AvgIpc) is 2.24. The van der Waals surface area contributed by atoms with Crippen molar-refractivity contribution in [3.63, 3.8) is 0 Å². The number of carbonyl (C=O) groups excluding carboxylic acids is 2. The maximum absolute atomic E-state index is 11.0. The first kappa shape index (κ1) is 14.3. The Labute approximate surface area is 91.7 Å². The van der Waals surface area contributed by atoms with E-state index in [1.165, 1.54) is 0 Å². The Bertz CT molecular complexity index is 195. The Morgan fingerprint density at radius 2 is 1.53 bits per heavy atom. The molecular weight excluding hydrogens is 219 g/mol. The van der Waals surface area contributed by atoms with E-state index in [4.69, 9.17) is 9.47 Å². The second-order valence-corrected chi connectivity index (χ2v) is 3.15. The summed E-state index contributed by atoms with van der Waals surface area (Å²) in [5.74, 6) is -0.776. The van der Waals surface area contributed by atoms with Gasteiger partial charge in [0.1, 0.15) is 6.61 Å². The molecule has 0 amide bonds. The predicted octanol–water partition coefficient (Wildman–Crippen LogP) is 1.07. The predicted molar refractivity (Wildman–Crippen MR) is 57.1 cm³/mol. The second kappa shape index (κ2) is 9.87. The zero-order chi connectivity index (χ0) is 11.5. The fourth-order valence-electron chi connectivity index (χ4n) is 0.768. The number of hydrogen-bond acceptors (Lipinski definition) is 5. The molecular formula is C9H17O5P. The smallest absolute Gasteiger partial charge is 0.306 e. The summed E-state index contributed by atoms with van der Waals surface area (Å²) in [5.41, 5.74) is 0. The first-order valence-electron chi connectivity index (χ1n) is 4.83. The van der Waals surface area contributed by atoms with Gasteiger partial charge in [-0.2, -0.15) is 0 Å². The average molecular weight is 236 g/mol. The summed E-state index contributed by atoms with van der Waals surface area (Å²) in [6, 6.07) is 0. The molecule has 15 heavy (non-hydrogen) atoms. The van der Waals surface area contributed by atoms with Crippen LogP contribution in [0.4, 0.5) is 0 Å². The van der Waals surface area contributed by atoms with Crippen molar-refractivity contribution >= 4 is 21.4 Å². The third kappa shape index (κ3) is 9.63. The van der Waals surface area contributed by atoms with Crippen LogP contribution in [-0.4, -0.2) is 31.8 Å². The van der Waals surface area contributed by atoms with Gasteiger partial charge in [-0.25, -0.2) is 0 Å². The number of esters is 2. The highest BCUT2D eigenvalue weighted by Crippen LogP contribution is 1.97. The Kier molecular flexibility index (Phi) is 9.43. The molecule has 0 aromatic heterocycles. The normalized spacial score (nSPS) is 9.73. The van der Waals surface area contributed by atoms with E-state index >= 15 is 0 Å². The van der Waals surface area contributed by atoms with Gasteiger partial charge in [0.05, 0.1) is 26.1 Å². The van der Waals surface area contributed by atoms with Crippen LogP contribution in [0.25, 0.3) is 0 Å². The van der Waals surface area contributed by atoms with E-state index in [9.17, 15) is 9.59 Å².